The highest BCUT2D eigenvalue weighted by Crippen LogP contribution is 2.51. The summed E-state index contributed by atoms with van der Waals surface area (Å²) in [6, 6.07) is 8.87. The highest BCUT2D eigenvalue weighted by molar-refractivity contribution is 5.94. The summed E-state index contributed by atoms with van der Waals surface area (Å²) in [6.45, 7) is 4.83. The van der Waals surface area contributed by atoms with Crippen molar-refractivity contribution in [1.29, 1.82) is 0 Å². The molecular weight excluding hydrogens is 449 g/mol. The molecule has 2 heterocycles. The fourth-order valence-corrected chi connectivity index (χ4v) is 4.62. The van der Waals surface area contributed by atoms with E-state index in [0.717, 1.165) is 36.5 Å². The molecule has 2 aromatic rings. The van der Waals surface area contributed by atoms with Gasteiger partial charge in [-0.05, 0) is 54.5 Å². The number of nitrogens with one attached hydrogen (secondary N) is 1. The third kappa shape index (κ3) is 5.85. The van der Waals surface area contributed by atoms with Crippen molar-refractivity contribution in [3.63, 3.8) is 0 Å². The molecule has 4 rings (SSSR count). The van der Waals surface area contributed by atoms with Gasteiger partial charge in [0.1, 0.15) is 5.75 Å². The first-order valence-electron chi connectivity index (χ1n) is 11.1. The van der Waals surface area contributed by atoms with E-state index in [0.29, 0.717) is 37.4 Å². The fraction of sp³-hybridized carbons (Fsp3) is 0.458. The van der Waals surface area contributed by atoms with E-state index in [2.05, 4.69) is 19.9 Å². The second-order valence-electron chi connectivity index (χ2n) is 8.99. The maximum atomic E-state index is 12.6. The number of aromatic nitrogens is 1. The van der Waals surface area contributed by atoms with Crippen LogP contribution in [0, 0.1) is 24.7 Å². The zero-order valence-electron chi connectivity index (χ0n) is 19.0. The van der Waals surface area contributed by atoms with Crippen LogP contribution >= 0.6 is 0 Å². The second-order valence-corrected chi connectivity index (χ2v) is 8.99. The van der Waals surface area contributed by atoms with E-state index < -0.39 is 18.0 Å². The number of aryl methyl sites for hydroxylation is 1. The minimum atomic E-state index is -4.81. The Labute approximate surface area is 195 Å². The van der Waals surface area contributed by atoms with Crippen LogP contribution in [0.4, 0.5) is 13.2 Å². The molecule has 1 aromatic heterocycles. The topological polar surface area (TPSA) is 74.8 Å². The molecule has 7 nitrogen and oxygen atoms in total. The number of nitrogens with zero attached hydrogens (tertiary/aromatic N) is 3. The van der Waals surface area contributed by atoms with Crippen molar-refractivity contribution in [3.05, 3.63) is 59.4 Å². The summed E-state index contributed by atoms with van der Waals surface area (Å²) in [5.41, 5.74) is 2.05. The number of piperidine rings is 1. The Morgan fingerprint density at radius 2 is 1.94 bits per heavy atom. The number of hydrogen-bond donors (Lipinski definition) is 1. The molecule has 2 atom stereocenters. The van der Waals surface area contributed by atoms with E-state index in [9.17, 15) is 22.8 Å². The molecule has 1 aliphatic heterocycles. The maximum Gasteiger partial charge on any atom is 0.573 e. The second kappa shape index (κ2) is 9.61. The summed E-state index contributed by atoms with van der Waals surface area (Å²) in [5.74, 6) is 0.326. The van der Waals surface area contributed by atoms with Crippen LogP contribution in [0.5, 0.6) is 5.75 Å². The van der Waals surface area contributed by atoms with E-state index >= 15 is 0 Å². The van der Waals surface area contributed by atoms with Crippen molar-refractivity contribution < 1.29 is 27.5 Å². The number of carbonyl (C=O) groups excluding carboxylic acids is 2. The lowest BCUT2D eigenvalue weighted by molar-refractivity contribution is -0.274. The normalized spacial score (nSPS) is 21.6. The first kappa shape index (κ1) is 24.0. The molecule has 2 unspecified atom stereocenters. The molecule has 2 amide bonds. The van der Waals surface area contributed by atoms with Crippen LogP contribution in [-0.2, 0) is 11.3 Å². The van der Waals surface area contributed by atoms with Gasteiger partial charge in [-0.25, -0.2) is 0 Å². The van der Waals surface area contributed by atoms with Crippen molar-refractivity contribution in [3.8, 4) is 5.75 Å². The first-order chi connectivity index (χ1) is 16.1. The largest absolute Gasteiger partial charge is 0.573 e. The zero-order chi connectivity index (χ0) is 24.5. The summed E-state index contributed by atoms with van der Waals surface area (Å²) in [7, 11) is 1.78. The van der Waals surface area contributed by atoms with Gasteiger partial charge in [-0.2, -0.15) is 0 Å². The monoisotopic (exact) mass is 476 g/mol. The number of hydrogen-bond acceptors (Lipinski definition) is 5. The summed E-state index contributed by atoms with van der Waals surface area (Å²) in [5, 5.41) is 2.81. The van der Waals surface area contributed by atoms with Gasteiger partial charge in [-0.15, -0.1) is 13.2 Å². The zero-order valence-corrected chi connectivity index (χ0v) is 19.0. The molecule has 0 bridgehead atoms. The number of likely N-dealkylation sites (N-methyl/N-ethyl adjacent to an activating group) is 1. The third-order valence-electron chi connectivity index (χ3n) is 6.56. The van der Waals surface area contributed by atoms with Gasteiger partial charge in [0, 0.05) is 38.4 Å². The molecule has 2 fully saturated rings. The number of halogens is 3. The number of pyridine rings is 1. The third-order valence-corrected chi connectivity index (χ3v) is 6.56. The summed E-state index contributed by atoms with van der Waals surface area (Å²) < 4.78 is 41.0. The van der Waals surface area contributed by atoms with Crippen molar-refractivity contribution in [2.75, 3.05) is 33.2 Å². The number of benzene rings is 1. The summed E-state index contributed by atoms with van der Waals surface area (Å²) >= 11 is 0. The van der Waals surface area contributed by atoms with E-state index in [1.54, 1.807) is 18.1 Å². The average molecular weight is 476 g/mol. The van der Waals surface area contributed by atoms with Crippen LogP contribution in [0.1, 0.15) is 21.6 Å². The molecule has 0 spiro atoms. The van der Waals surface area contributed by atoms with Gasteiger partial charge in [0.05, 0.1) is 18.8 Å². The average Bonchev–Trinajstić information content (AvgIpc) is 3.23. The molecule has 0 radical (unpaired) electrons. The fourth-order valence-electron chi connectivity index (χ4n) is 4.62. The molecule has 10 heteroatoms. The standard InChI is InChI=1S/C24H27F3N4O3/c1-15-5-4-8-28-21(15)13-30(2)22(32)14-31-11-19-18(20(19)12-31)10-29-23(33)16-6-3-7-17(9-16)34-24(25,26)27/h3-9,18-20H,10-14H2,1-2H3,(H,29,33). The highest BCUT2D eigenvalue weighted by Gasteiger charge is 2.55. The van der Waals surface area contributed by atoms with E-state index in [1.165, 1.54) is 12.1 Å². The molecule has 182 valence electrons. The predicted molar refractivity (Wildman–Crippen MR) is 118 cm³/mol. The minimum absolute atomic E-state index is 0.0390. The summed E-state index contributed by atoms with van der Waals surface area (Å²) in [6.07, 6.45) is -3.08. The Hall–Kier alpha value is -3.14. The molecule has 1 N–H and O–H groups in total. The molecule has 1 aromatic carbocycles. The number of likely N-dealkylation sites (tertiary alicyclic amines) is 1. The highest BCUT2D eigenvalue weighted by atomic mass is 19.4. The predicted octanol–water partition coefficient (Wildman–Crippen LogP) is 2.85. The molecule has 34 heavy (non-hydrogen) atoms. The Balaban J connectivity index is 1.19. The Morgan fingerprint density at radius 1 is 1.21 bits per heavy atom. The smallest absolute Gasteiger partial charge is 0.406 e. The number of carbonyl (C=O) groups is 2. The minimum Gasteiger partial charge on any atom is -0.406 e. The Morgan fingerprint density at radius 3 is 2.62 bits per heavy atom. The number of ether oxygens (including phenoxy) is 1. The van der Waals surface area contributed by atoms with Crippen LogP contribution in [0.3, 0.4) is 0 Å². The van der Waals surface area contributed by atoms with Crippen LogP contribution < -0.4 is 10.1 Å². The van der Waals surface area contributed by atoms with E-state index in [1.807, 2.05) is 19.1 Å². The van der Waals surface area contributed by atoms with Crippen molar-refractivity contribution >= 4 is 11.8 Å². The van der Waals surface area contributed by atoms with Gasteiger partial charge in [-0.1, -0.05) is 12.1 Å². The van der Waals surface area contributed by atoms with Gasteiger partial charge in [0.2, 0.25) is 5.91 Å². The molecule has 1 saturated heterocycles. The number of amides is 2. The first-order valence-corrected chi connectivity index (χ1v) is 11.1. The van der Waals surface area contributed by atoms with Crippen molar-refractivity contribution in [1.82, 2.24) is 20.1 Å². The lowest BCUT2D eigenvalue weighted by Gasteiger charge is -2.23. The van der Waals surface area contributed by atoms with Crippen molar-refractivity contribution in [2.45, 2.75) is 19.8 Å². The number of rotatable bonds is 8. The lowest BCUT2D eigenvalue weighted by Crippen LogP contribution is -2.39. The molecular formula is C24H27F3N4O3. The van der Waals surface area contributed by atoms with Crippen molar-refractivity contribution in [2.24, 2.45) is 17.8 Å². The molecule has 2 aliphatic rings. The van der Waals surface area contributed by atoms with Gasteiger partial charge in [0.25, 0.3) is 5.91 Å². The Bertz CT molecular complexity index is 1050. The van der Waals surface area contributed by atoms with Gasteiger partial charge in [0.15, 0.2) is 0 Å². The SMILES string of the molecule is Cc1cccnc1CN(C)C(=O)CN1CC2C(CNC(=O)c3cccc(OC(F)(F)F)c3)C2C1. The summed E-state index contributed by atoms with van der Waals surface area (Å²) in [4.78, 5) is 33.1. The molecule has 1 aliphatic carbocycles. The van der Waals surface area contributed by atoms with Crippen LogP contribution in [-0.4, -0.2) is 66.2 Å². The van der Waals surface area contributed by atoms with Gasteiger partial charge >= 0.3 is 6.36 Å². The van der Waals surface area contributed by atoms with Crippen LogP contribution in [0.15, 0.2) is 42.6 Å². The Kier molecular flexibility index (Phi) is 6.79. The molecule has 1 saturated carbocycles. The van der Waals surface area contributed by atoms with Crippen LogP contribution in [0.25, 0.3) is 0 Å². The van der Waals surface area contributed by atoms with Gasteiger partial charge in [-0.3, -0.25) is 19.5 Å². The van der Waals surface area contributed by atoms with E-state index in [-0.39, 0.29) is 11.5 Å². The lowest BCUT2D eigenvalue weighted by atomic mass is 10.2. The van der Waals surface area contributed by atoms with E-state index in [4.69, 9.17) is 0 Å². The number of fused-ring (bicyclic) bond motifs is 1. The van der Waals surface area contributed by atoms with Gasteiger partial charge < -0.3 is 15.0 Å². The quantitative estimate of drug-likeness (QED) is 0.634. The van der Waals surface area contributed by atoms with Crippen LogP contribution in [0.2, 0.25) is 0 Å². The number of alkyl halides is 3. The maximum absolute atomic E-state index is 12.6.